The highest BCUT2D eigenvalue weighted by molar-refractivity contribution is 8.26. The molecule has 2 saturated heterocycles. The van der Waals surface area contributed by atoms with E-state index in [0.29, 0.717) is 44.8 Å². The highest BCUT2D eigenvalue weighted by Crippen LogP contribution is 2.37. The van der Waals surface area contributed by atoms with E-state index in [1.54, 1.807) is 24.1 Å². The number of carbonyl (C=O) groups is 1. The summed E-state index contributed by atoms with van der Waals surface area (Å²) in [4.78, 5) is 17.6. The Morgan fingerprint density at radius 2 is 1.92 bits per heavy atom. The number of carbonyl (C=O) groups excluding carboxylic acids is 1. The van der Waals surface area contributed by atoms with Gasteiger partial charge in [0.1, 0.15) is 16.7 Å². The fourth-order valence-corrected chi connectivity index (χ4v) is 5.81. The van der Waals surface area contributed by atoms with Crippen molar-refractivity contribution in [2.24, 2.45) is 0 Å². The number of methoxy groups -OCH3 is 1. The van der Waals surface area contributed by atoms with Gasteiger partial charge in [-0.15, -0.1) is 0 Å². The van der Waals surface area contributed by atoms with Gasteiger partial charge in [-0.05, 0) is 42.3 Å². The predicted molar refractivity (Wildman–Crippen MR) is 151 cm³/mol. The highest BCUT2D eigenvalue weighted by Gasteiger charge is 2.31. The molecule has 2 aromatic rings. The van der Waals surface area contributed by atoms with Crippen molar-refractivity contribution in [2.75, 3.05) is 59.7 Å². The second kappa shape index (κ2) is 13.2. The van der Waals surface area contributed by atoms with E-state index in [2.05, 4.69) is 4.90 Å². The normalized spacial score (nSPS) is 17.9. The third-order valence-electron chi connectivity index (χ3n) is 5.91. The standard InChI is InChI=1S/C26H28Cl2N2O4S2/c1-32-11-2-7-30-25(31)24(36-26(30)35)16-19-15-18(21-5-4-20(27)17-22(21)28)3-6-23(19)34-14-10-29-8-12-33-13-9-29/h3-6,15-17H,2,7-14H2,1H3/b24-16-. The summed E-state index contributed by atoms with van der Waals surface area (Å²) in [5.41, 5.74) is 2.54. The lowest BCUT2D eigenvalue weighted by Gasteiger charge is -2.26. The first-order valence-electron chi connectivity index (χ1n) is 11.7. The van der Waals surface area contributed by atoms with Crippen LogP contribution < -0.4 is 4.74 Å². The number of thiocarbonyl (C=S) groups is 1. The Hall–Kier alpha value is -1.65. The van der Waals surface area contributed by atoms with Crippen molar-refractivity contribution in [3.05, 3.63) is 56.9 Å². The van der Waals surface area contributed by atoms with Gasteiger partial charge < -0.3 is 14.2 Å². The minimum atomic E-state index is -0.102. The summed E-state index contributed by atoms with van der Waals surface area (Å²) >= 11 is 19.4. The molecule has 2 fully saturated rings. The number of amides is 1. The van der Waals surface area contributed by atoms with Gasteiger partial charge in [-0.2, -0.15) is 0 Å². The fraction of sp³-hybridized carbons (Fsp3) is 0.385. The van der Waals surface area contributed by atoms with Crippen LogP contribution in [0.25, 0.3) is 17.2 Å². The number of thioether (sulfide) groups is 1. The van der Waals surface area contributed by atoms with Crippen molar-refractivity contribution >= 4 is 63.5 Å². The maximum atomic E-state index is 13.1. The molecular weight excluding hydrogens is 539 g/mol. The monoisotopic (exact) mass is 566 g/mol. The third kappa shape index (κ3) is 7.01. The molecule has 2 aliphatic heterocycles. The Morgan fingerprint density at radius 1 is 1.11 bits per heavy atom. The van der Waals surface area contributed by atoms with E-state index in [0.717, 1.165) is 56.0 Å². The number of nitrogens with zero attached hydrogens (tertiary/aromatic N) is 2. The molecule has 0 unspecified atom stereocenters. The summed E-state index contributed by atoms with van der Waals surface area (Å²) in [6.07, 6.45) is 2.57. The van der Waals surface area contributed by atoms with Crippen LogP contribution in [0.15, 0.2) is 41.3 Å². The number of ether oxygens (including phenoxy) is 3. The average molecular weight is 568 g/mol. The molecule has 0 radical (unpaired) electrons. The van der Waals surface area contributed by atoms with Crippen LogP contribution in [0.5, 0.6) is 5.75 Å². The maximum absolute atomic E-state index is 13.1. The summed E-state index contributed by atoms with van der Waals surface area (Å²) in [7, 11) is 1.64. The van der Waals surface area contributed by atoms with Crippen LogP contribution in [0, 0.1) is 0 Å². The number of hydrogen-bond acceptors (Lipinski definition) is 7. The molecule has 4 rings (SSSR count). The molecule has 2 aromatic carbocycles. The number of rotatable bonds is 10. The third-order valence-corrected chi connectivity index (χ3v) is 7.84. The van der Waals surface area contributed by atoms with Crippen molar-refractivity contribution in [1.29, 1.82) is 0 Å². The molecule has 0 saturated carbocycles. The van der Waals surface area contributed by atoms with Gasteiger partial charge in [0, 0.05) is 61.1 Å². The molecule has 0 spiro atoms. The zero-order valence-electron chi connectivity index (χ0n) is 20.0. The van der Waals surface area contributed by atoms with E-state index in [4.69, 9.17) is 49.6 Å². The number of halogens is 2. The topological polar surface area (TPSA) is 51.2 Å². The lowest BCUT2D eigenvalue weighted by molar-refractivity contribution is -0.122. The Balaban J connectivity index is 1.59. The lowest BCUT2D eigenvalue weighted by atomic mass is 10.0. The first-order chi connectivity index (χ1) is 17.5. The van der Waals surface area contributed by atoms with Crippen LogP contribution in [-0.4, -0.2) is 79.7 Å². The Morgan fingerprint density at radius 3 is 2.67 bits per heavy atom. The lowest BCUT2D eigenvalue weighted by Crippen LogP contribution is -2.38. The predicted octanol–water partition coefficient (Wildman–Crippen LogP) is 5.61. The summed E-state index contributed by atoms with van der Waals surface area (Å²) in [6, 6.07) is 11.3. The van der Waals surface area contributed by atoms with E-state index in [1.165, 1.54) is 11.8 Å². The van der Waals surface area contributed by atoms with Gasteiger partial charge in [-0.1, -0.05) is 59.3 Å². The van der Waals surface area contributed by atoms with E-state index >= 15 is 0 Å². The van der Waals surface area contributed by atoms with Crippen molar-refractivity contribution in [2.45, 2.75) is 6.42 Å². The summed E-state index contributed by atoms with van der Waals surface area (Å²) in [5, 5.41) is 1.13. The highest BCUT2D eigenvalue weighted by atomic mass is 35.5. The first kappa shape index (κ1) is 27.4. The van der Waals surface area contributed by atoms with Gasteiger partial charge in [0.25, 0.3) is 5.91 Å². The van der Waals surface area contributed by atoms with Crippen LogP contribution in [0.4, 0.5) is 0 Å². The molecule has 10 heteroatoms. The fourth-order valence-electron chi connectivity index (χ4n) is 3.99. The van der Waals surface area contributed by atoms with Crippen molar-refractivity contribution in [3.63, 3.8) is 0 Å². The molecule has 0 bridgehead atoms. The van der Waals surface area contributed by atoms with Gasteiger partial charge in [-0.25, -0.2) is 0 Å². The van der Waals surface area contributed by atoms with Crippen LogP contribution in [0.3, 0.4) is 0 Å². The maximum Gasteiger partial charge on any atom is 0.266 e. The quantitative estimate of drug-likeness (QED) is 0.210. The Kier molecular flexibility index (Phi) is 10.1. The van der Waals surface area contributed by atoms with Crippen molar-refractivity contribution < 1.29 is 19.0 Å². The van der Waals surface area contributed by atoms with E-state index in [-0.39, 0.29) is 5.91 Å². The smallest absolute Gasteiger partial charge is 0.266 e. The molecule has 36 heavy (non-hydrogen) atoms. The Bertz CT molecular complexity index is 1140. The van der Waals surface area contributed by atoms with Gasteiger partial charge in [0.05, 0.1) is 18.1 Å². The van der Waals surface area contributed by atoms with Crippen molar-refractivity contribution in [1.82, 2.24) is 9.80 Å². The van der Waals surface area contributed by atoms with Gasteiger partial charge >= 0.3 is 0 Å². The number of morpholine rings is 1. The molecule has 1 amide bonds. The molecule has 0 aromatic heterocycles. The number of benzene rings is 2. The molecule has 0 N–H and O–H groups in total. The van der Waals surface area contributed by atoms with Gasteiger partial charge in [0.15, 0.2) is 0 Å². The van der Waals surface area contributed by atoms with E-state index < -0.39 is 0 Å². The zero-order chi connectivity index (χ0) is 25.5. The first-order valence-corrected chi connectivity index (χ1v) is 13.7. The molecule has 0 aliphatic carbocycles. The van der Waals surface area contributed by atoms with Gasteiger partial charge in [0.2, 0.25) is 0 Å². The second-order valence-electron chi connectivity index (χ2n) is 8.36. The molecular formula is C26H28Cl2N2O4S2. The average Bonchev–Trinajstić information content (AvgIpc) is 3.13. The van der Waals surface area contributed by atoms with Crippen molar-refractivity contribution in [3.8, 4) is 16.9 Å². The molecule has 0 atom stereocenters. The summed E-state index contributed by atoms with van der Waals surface area (Å²) < 4.78 is 17.3. The van der Waals surface area contributed by atoms with Crippen LogP contribution in [-0.2, 0) is 14.3 Å². The van der Waals surface area contributed by atoms with E-state index in [9.17, 15) is 4.79 Å². The van der Waals surface area contributed by atoms with Crippen LogP contribution in [0.2, 0.25) is 10.0 Å². The second-order valence-corrected chi connectivity index (χ2v) is 10.9. The minimum absolute atomic E-state index is 0.102. The molecule has 2 aliphatic rings. The molecule has 6 nitrogen and oxygen atoms in total. The minimum Gasteiger partial charge on any atom is -0.492 e. The van der Waals surface area contributed by atoms with Gasteiger partial charge in [-0.3, -0.25) is 14.6 Å². The van der Waals surface area contributed by atoms with Crippen LogP contribution >= 0.6 is 47.2 Å². The number of hydrogen-bond donors (Lipinski definition) is 0. The largest absolute Gasteiger partial charge is 0.492 e. The zero-order valence-corrected chi connectivity index (χ0v) is 23.2. The van der Waals surface area contributed by atoms with E-state index in [1.807, 2.05) is 30.3 Å². The Labute approximate surface area is 231 Å². The summed E-state index contributed by atoms with van der Waals surface area (Å²) in [6.45, 7) is 5.71. The summed E-state index contributed by atoms with van der Waals surface area (Å²) in [5.74, 6) is 0.594. The van der Waals surface area contributed by atoms with Crippen LogP contribution in [0.1, 0.15) is 12.0 Å². The molecule has 192 valence electrons. The molecule has 2 heterocycles. The SMILES string of the molecule is COCCCN1C(=O)/C(=C/c2cc(-c3ccc(Cl)cc3Cl)ccc2OCCN2CCOCC2)SC1=S.